The molecule has 0 radical (unpaired) electrons. The van der Waals surface area contributed by atoms with Crippen LogP contribution in [0.25, 0.3) is 0 Å². The third-order valence-corrected chi connectivity index (χ3v) is 1.60. The topological polar surface area (TPSA) is 111 Å². The summed E-state index contributed by atoms with van der Waals surface area (Å²) in [6.45, 7) is -0.134. The largest absolute Gasteiger partial charge is 0.396 e. The summed E-state index contributed by atoms with van der Waals surface area (Å²) < 4.78 is 0. The molecule has 0 aliphatic carbocycles. The molecule has 1 aromatic rings. The summed E-state index contributed by atoms with van der Waals surface area (Å²) in [6.07, 6.45) is 1.51. The lowest BCUT2D eigenvalue weighted by Crippen LogP contribution is -2.15. The maximum Gasteiger partial charge on any atom is 0.146 e. The molecule has 0 saturated heterocycles. The van der Waals surface area contributed by atoms with Crippen molar-refractivity contribution in [3.05, 3.63) is 17.8 Å². The lowest BCUT2D eigenvalue weighted by molar-refractivity contribution is 0.268. The Morgan fingerprint density at radius 3 is 2.67 bits per heavy atom. The molecule has 0 aliphatic heterocycles. The zero-order valence-corrected chi connectivity index (χ0v) is 6.57. The minimum Gasteiger partial charge on any atom is -0.396 e. The third kappa shape index (κ3) is 1.63. The van der Waals surface area contributed by atoms with Gasteiger partial charge in [0.2, 0.25) is 0 Å². The standard InChI is InChI=1S/C7H12N4O/c8-5-1-4(6(9)3-12)2-11-7(5)10/h1-2,6,12H,3,8-9H2,(H2,10,11). The number of aliphatic hydroxyl groups is 1. The van der Waals surface area contributed by atoms with E-state index in [9.17, 15) is 0 Å². The van der Waals surface area contributed by atoms with E-state index in [1.165, 1.54) is 6.20 Å². The van der Waals surface area contributed by atoms with E-state index in [1.54, 1.807) is 6.07 Å². The van der Waals surface area contributed by atoms with Crippen LogP contribution in [0.3, 0.4) is 0 Å². The molecule has 1 rings (SSSR count). The number of pyridine rings is 1. The van der Waals surface area contributed by atoms with Crippen molar-refractivity contribution >= 4 is 11.5 Å². The highest BCUT2D eigenvalue weighted by Gasteiger charge is 2.05. The summed E-state index contributed by atoms with van der Waals surface area (Å²) in [7, 11) is 0. The molecular weight excluding hydrogens is 156 g/mol. The number of anilines is 2. The highest BCUT2D eigenvalue weighted by molar-refractivity contribution is 5.58. The van der Waals surface area contributed by atoms with E-state index >= 15 is 0 Å². The molecule has 0 aromatic carbocycles. The highest BCUT2D eigenvalue weighted by atomic mass is 16.3. The van der Waals surface area contributed by atoms with Crippen molar-refractivity contribution in [1.82, 2.24) is 4.98 Å². The van der Waals surface area contributed by atoms with Crippen LogP contribution in [-0.4, -0.2) is 16.7 Å². The van der Waals surface area contributed by atoms with Crippen molar-refractivity contribution < 1.29 is 5.11 Å². The van der Waals surface area contributed by atoms with Gasteiger partial charge in [0.25, 0.3) is 0 Å². The summed E-state index contributed by atoms with van der Waals surface area (Å²) in [5.41, 5.74) is 17.5. The van der Waals surface area contributed by atoms with Gasteiger partial charge in [0, 0.05) is 6.20 Å². The number of nitrogen functional groups attached to an aromatic ring is 2. The molecule has 1 atom stereocenters. The average Bonchev–Trinajstić information content (AvgIpc) is 2.08. The summed E-state index contributed by atoms with van der Waals surface area (Å²) >= 11 is 0. The molecule has 7 N–H and O–H groups in total. The first-order valence-electron chi connectivity index (χ1n) is 3.52. The minimum absolute atomic E-state index is 0.134. The highest BCUT2D eigenvalue weighted by Crippen LogP contribution is 2.16. The predicted octanol–water partition coefficient (Wildman–Crippen LogP) is -0.762. The smallest absolute Gasteiger partial charge is 0.146 e. The predicted molar refractivity (Wildman–Crippen MR) is 47.1 cm³/mol. The number of nitrogens with two attached hydrogens (primary N) is 3. The van der Waals surface area contributed by atoms with Gasteiger partial charge < -0.3 is 22.3 Å². The van der Waals surface area contributed by atoms with E-state index in [1.807, 2.05) is 0 Å². The van der Waals surface area contributed by atoms with Gasteiger partial charge in [-0.25, -0.2) is 4.98 Å². The van der Waals surface area contributed by atoms with Crippen molar-refractivity contribution in [1.29, 1.82) is 0 Å². The number of hydrogen-bond donors (Lipinski definition) is 4. The molecule has 66 valence electrons. The van der Waals surface area contributed by atoms with Crippen LogP contribution >= 0.6 is 0 Å². The maximum absolute atomic E-state index is 8.72. The number of rotatable bonds is 2. The van der Waals surface area contributed by atoms with Crippen LogP contribution in [0.15, 0.2) is 12.3 Å². The Kier molecular flexibility index (Phi) is 2.47. The van der Waals surface area contributed by atoms with Gasteiger partial charge in [-0.1, -0.05) is 0 Å². The molecule has 1 heterocycles. The summed E-state index contributed by atoms with van der Waals surface area (Å²) in [4.78, 5) is 3.81. The van der Waals surface area contributed by atoms with Crippen molar-refractivity contribution in [3.63, 3.8) is 0 Å². The number of aromatic nitrogens is 1. The molecule has 5 nitrogen and oxygen atoms in total. The van der Waals surface area contributed by atoms with E-state index in [2.05, 4.69) is 4.98 Å². The van der Waals surface area contributed by atoms with Gasteiger partial charge in [-0.05, 0) is 11.6 Å². The monoisotopic (exact) mass is 168 g/mol. The molecule has 1 aromatic heterocycles. The fourth-order valence-electron chi connectivity index (χ4n) is 0.818. The first kappa shape index (κ1) is 8.76. The number of aliphatic hydroxyl groups excluding tert-OH is 1. The van der Waals surface area contributed by atoms with Crippen LogP contribution in [0, 0.1) is 0 Å². The van der Waals surface area contributed by atoms with Crippen LogP contribution in [0.2, 0.25) is 0 Å². The van der Waals surface area contributed by atoms with Gasteiger partial charge in [0.1, 0.15) is 5.82 Å². The number of nitrogens with zero attached hydrogens (tertiary/aromatic N) is 1. The Bertz CT molecular complexity index is 276. The van der Waals surface area contributed by atoms with Crippen molar-refractivity contribution in [2.75, 3.05) is 18.1 Å². The summed E-state index contributed by atoms with van der Waals surface area (Å²) in [5, 5.41) is 8.72. The van der Waals surface area contributed by atoms with Gasteiger partial charge in [0.15, 0.2) is 0 Å². The maximum atomic E-state index is 8.72. The number of hydrogen-bond acceptors (Lipinski definition) is 5. The molecule has 0 aliphatic rings. The van der Waals surface area contributed by atoms with E-state index in [4.69, 9.17) is 22.3 Å². The second-order valence-electron chi connectivity index (χ2n) is 2.53. The Morgan fingerprint density at radius 1 is 1.50 bits per heavy atom. The second-order valence-corrected chi connectivity index (χ2v) is 2.53. The second kappa shape index (κ2) is 3.38. The third-order valence-electron chi connectivity index (χ3n) is 1.60. The Labute approximate surface area is 70.2 Å². The normalized spacial score (nSPS) is 12.8. The fraction of sp³-hybridized carbons (Fsp3) is 0.286. The van der Waals surface area contributed by atoms with Crippen molar-refractivity contribution in [3.8, 4) is 0 Å². The first-order valence-corrected chi connectivity index (χ1v) is 3.52. The zero-order chi connectivity index (χ0) is 9.14. The fourth-order valence-corrected chi connectivity index (χ4v) is 0.818. The molecule has 0 amide bonds. The van der Waals surface area contributed by atoms with Gasteiger partial charge in [-0.15, -0.1) is 0 Å². The quantitative estimate of drug-likeness (QED) is 0.463. The van der Waals surface area contributed by atoms with Crippen LogP contribution < -0.4 is 17.2 Å². The molecule has 12 heavy (non-hydrogen) atoms. The Hall–Kier alpha value is -1.33. The average molecular weight is 168 g/mol. The molecule has 1 unspecified atom stereocenters. The van der Waals surface area contributed by atoms with Crippen molar-refractivity contribution in [2.24, 2.45) is 5.73 Å². The van der Waals surface area contributed by atoms with Crippen LogP contribution in [0.5, 0.6) is 0 Å². The van der Waals surface area contributed by atoms with Gasteiger partial charge in [-0.2, -0.15) is 0 Å². The van der Waals surface area contributed by atoms with E-state index < -0.39 is 6.04 Å². The first-order chi connectivity index (χ1) is 5.65. The van der Waals surface area contributed by atoms with E-state index in [0.29, 0.717) is 11.3 Å². The molecule has 0 spiro atoms. The molecule has 0 saturated carbocycles. The lowest BCUT2D eigenvalue weighted by atomic mass is 10.1. The Balaban J connectivity index is 2.96. The van der Waals surface area contributed by atoms with Crippen LogP contribution in [-0.2, 0) is 0 Å². The van der Waals surface area contributed by atoms with E-state index in [0.717, 1.165) is 0 Å². The van der Waals surface area contributed by atoms with Gasteiger partial charge in [0.05, 0.1) is 18.3 Å². The molecular formula is C7H12N4O. The lowest BCUT2D eigenvalue weighted by Gasteiger charge is -2.08. The van der Waals surface area contributed by atoms with E-state index in [-0.39, 0.29) is 12.4 Å². The van der Waals surface area contributed by atoms with Crippen molar-refractivity contribution in [2.45, 2.75) is 6.04 Å². The zero-order valence-electron chi connectivity index (χ0n) is 6.57. The van der Waals surface area contributed by atoms with Gasteiger partial charge >= 0.3 is 0 Å². The minimum atomic E-state index is -0.444. The molecule has 0 fully saturated rings. The summed E-state index contributed by atoms with van der Waals surface area (Å²) in [6, 6.07) is 1.17. The molecule has 5 heteroatoms. The Morgan fingerprint density at radius 2 is 2.17 bits per heavy atom. The molecule has 0 bridgehead atoms. The summed E-state index contributed by atoms with van der Waals surface area (Å²) in [5.74, 6) is 0.281. The van der Waals surface area contributed by atoms with Crippen LogP contribution in [0.1, 0.15) is 11.6 Å². The van der Waals surface area contributed by atoms with Crippen LogP contribution in [0.4, 0.5) is 11.5 Å². The van der Waals surface area contributed by atoms with Gasteiger partial charge in [-0.3, -0.25) is 0 Å². The SMILES string of the molecule is Nc1cc(C(N)CO)cnc1N.